The van der Waals surface area contributed by atoms with Gasteiger partial charge in [0.05, 0.1) is 7.11 Å². The summed E-state index contributed by atoms with van der Waals surface area (Å²) < 4.78 is 5.40. The van der Waals surface area contributed by atoms with Crippen LogP contribution in [-0.2, 0) is 0 Å². The Morgan fingerprint density at radius 2 is 1.78 bits per heavy atom. The summed E-state index contributed by atoms with van der Waals surface area (Å²) in [5.41, 5.74) is 7.97. The molecule has 0 spiro atoms. The predicted molar refractivity (Wildman–Crippen MR) is 76.0 cm³/mol. The van der Waals surface area contributed by atoms with Gasteiger partial charge in [-0.25, -0.2) is 0 Å². The van der Waals surface area contributed by atoms with Crippen LogP contribution in [0.5, 0.6) is 5.75 Å². The SMILES string of the molecule is COc1ccc(Cl)cc1C(N)C1C(C)(C)C1(C)C. The molecule has 0 amide bonds. The zero-order valence-electron chi connectivity index (χ0n) is 11.8. The predicted octanol–water partition coefficient (Wildman–Crippen LogP) is 4.03. The highest BCUT2D eigenvalue weighted by Gasteiger charge is 2.66. The van der Waals surface area contributed by atoms with Gasteiger partial charge in [-0.2, -0.15) is 0 Å². The average molecular weight is 268 g/mol. The smallest absolute Gasteiger partial charge is 0.123 e. The molecule has 1 fully saturated rings. The fraction of sp³-hybridized carbons (Fsp3) is 0.600. The number of hydrogen-bond donors (Lipinski definition) is 1. The fourth-order valence-corrected chi connectivity index (χ4v) is 3.47. The maximum atomic E-state index is 6.46. The number of nitrogens with two attached hydrogens (primary N) is 1. The Kier molecular flexibility index (Phi) is 3.15. The molecule has 0 aliphatic heterocycles. The van der Waals surface area contributed by atoms with E-state index in [0.717, 1.165) is 11.3 Å². The molecule has 100 valence electrons. The molecule has 0 heterocycles. The minimum absolute atomic E-state index is 0.0383. The van der Waals surface area contributed by atoms with Crippen LogP contribution in [0.3, 0.4) is 0 Å². The van der Waals surface area contributed by atoms with Crippen LogP contribution in [0.15, 0.2) is 18.2 Å². The van der Waals surface area contributed by atoms with Crippen LogP contribution in [0.4, 0.5) is 0 Å². The Morgan fingerprint density at radius 1 is 1.22 bits per heavy atom. The molecule has 2 rings (SSSR count). The van der Waals surface area contributed by atoms with Gasteiger partial charge in [0.1, 0.15) is 5.75 Å². The zero-order valence-corrected chi connectivity index (χ0v) is 12.5. The highest BCUT2D eigenvalue weighted by atomic mass is 35.5. The van der Waals surface area contributed by atoms with Crippen molar-refractivity contribution in [3.8, 4) is 5.75 Å². The normalized spacial score (nSPS) is 22.6. The number of rotatable bonds is 3. The minimum atomic E-state index is -0.0383. The third-order valence-electron chi connectivity index (χ3n) is 5.04. The first kappa shape index (κ1) is 13.7. The standard InChI is InChI=1S/C15H22ClNO/c1-14(2)13(15(14,3)4)12(17)10-8-9(16)6-7-11(10)18-5/h6-8,12-13H,17H2,1-5H3. The summed E-state index contributed by atoms with van der Waals surface area (Å²) in [5.74, 6) is 1.27. The maximum Gasteiger partial charge on any atom is 0.123 e. The Bertz CT molecular complexity index is 454. The van der Waals surface area contributed by atoms with Crippen LogP contribution in [0.2, 0.25) is 5.02 Å². The molecule has 0 radical (unpaired) electrons. The van der Waals surface area contributed by atoms with Crippen molar-refractivity contribution < 1.29 is 4.74 Å². The van der Waals surface area contributed by atoms with E-state index in [9.17, 15) is 0 Å². The van der Waals surface area contributed by atoms with E-state index in [4.69, 9.17) is 22.1 Å². The second-order valence-electron chi connectivity index (χ2n) is 6.33. The molecule has 1 aromatic rings. The number of benzene rings is 1. The van der Waals surface area contributed by atoms with E-state index >= 15 is 0 Å². The summed E-state index contributed by atoms with van der Waals surface area (Å²) in [6.45, 7) is 9.09. The molecule has 1 aliphatic carbocycles. The maximum absolute atomic E-state index is 6.46. The van der Waals surface area contributed by atoms with Crippen molar-refractivity contribution in [2.75, 3.05) is 7.11 Å². The van der Waals surface area contributed by atoms with Crippen molar-refractivity contribution in [3.05, 3.63) is 28.8 Å². The molecule has 1 atom stereocenters. The minimum Gasteiger partial charge on any atom is -0.496 e. The highest BCUT2D eigenvalue weighted by molar-refractivity contribution is 6.30. The Balaban J connectivity index is 2.36. The molecule has 1 aromatic carbocycles. The van der Waals surface area contributed by atoms with E-state index in [1.54, 1.807) is 7.11 Å². The van der Waals surface area contributed by atoms with Gasteiger partial charge in [0.2, 0.25) is 0 Å². The lowest BCUT2D eigenvalue weighted by atomic mass is 9.96. The van der Waals surface area contributed by atoms with Gasteiger partial charge in [0.15, 0.2) is 0 Å². The zero-order chi connectivity index (χ0) is 13.7. The fourth-order valence-electron chi connectivity index (χ4n) is 3.29. The monoisotopic (exact) mass is 267 g/mol. The van der Waals surface area contributed by atoms with Crippen molar-refractivity contribution in [2.45, 2.75) is 33.7 Å². The lowest BCUT2D eigenvalue weighted by Crippen LogP contribution is -2.17. The summed E-state index contributed by atoms with van der Waals surface area (Å²) in [6, 6.07) is 5.61. The Morgan fingerprint density at radius 3 is 2.22 bits per heavy atom. The molecule has 3 heteroatoms. The number of methoxy groups -OCH3 is 1. The molecule has 2 N–H and O–H groups in total. The molecular formula is C15H22ClNO. The van der Waals surface area contributed by atoms with Crippen LogP contribution in [0.25, 0.3) is 0 Å². The lowest BCUT2D eigenvalue weighted by Gasteiger charge is -2.18. The summed E-state index contributed by atoms with van der Waals surface area (Å²) in [5, 5.41) is 0.706. The van der Waals surface area contributed by atoms with Crippen molar-refractivity contribution >= 4 is 11.6 Å². The van der Waals surface area contributed by atoms with Crippen LogP contribution in [-0.4, -0.2) is 7.11 Å². The summed E-state index contributed by atoms with van der Waals surface area (Å²) in [4.78, 5) is 0. The van der Waals surface area contributed by atoms with Crippen molar-refractivity contribution in [2.24, 2.45) is 22.5 Å². The van der Waals surface area contributed by atoms with Crippen molar-refractivity contribution in [3.63, 3.8) is 0 Å². The van der Waals surface area contributed by atoms with Gasteiger partial charge in [-0.1, -0.05) is 39.3 Å². The first-order chi connectivity index (χ1) is 8.23. The van der Waals surface area contributed by atoms with Gasteiger partial charge in [-0.05, 0) is 34.9 Å². The van der Waals surface area contributed by atoms with Crippen LogP contribution in [0, 0.1) is 16.7 Å². The quantitative estimate of drug-likeness (QED) is 0.897. The van der Waals surface area contributed by atoms with E-state index in [1.807, 2.05) is 18.2 Å². The second kappa shape index (κ2) is 4.14. The molecule has 0 bridgehead atoms. The molecule has 0 saturated heterocycles. The van der Waals surface area contributed by atoms with Crippen LogP contribution in [0.1, 0.15) is 39.3 Å². The van der Waals surface area contributed by atoms with Gasteiger partial charge in [-0.3, -0.25) is 0 Å². The summed E-state index contributed by atoms with van der Waals surface area (Å²) in [6.07, 6.45) is 0. The summed E-state index contributed by atoms with van der Waals surface area (Å²) in [7, 11) is 1.67. The lowest BCUT2D eigenvalue weighted by molar-refractivity contribution is 0.396. The molecule has 1 saturated carbocycles. The first-order valence-electron chi connectivity index (χ1n) is 6.32. The van der Waals surface area contributed by atoms with Gasteiger partial charge >= 0.3 is 0 Å². The third kappa shape index (κ3) is 1.83. The first-order valence-corrected chi connectivity index (χ1v) is 6.70. The van der Waals surface area contributed by atoms with Gasteiger partial charge in [0, 0.05) is 16.6 Å². The topological polar surface area (TPSA) is 35.2 Å². The number of halogens is 1. The van der Waals surface area contributed by atoms with Crippen molar-refractivity contribution in [1.29, 1.82) is 0 Å². The van der Waals surface area contributed by atoms with Gasteiger partial charge in [-0.15, -0.1) is 0 Å². The van der Waals surface area contributed by atoms with Gasteiger partial charge < -0.3 is 10.5 Å². The Hall–Kier alpha value is -0.730. The number of ether oxygens (including phenoxy) is 1. The second-order valence-corrected chi connectivity index (χ2v) is 6.77. The highest BCUT2D eigenvalue weighted by Crippen LogP contribution is 2.72. The van der Waals surface area contributed by atoms with E-state index in [1.165, 1.54) is 0 Å². The number of hydrogen-bond acceptors (Lipinski definition) is 2. The largest absolute Gasteiger partial charge is 0.496 e. The van der Waals surface area contributed by atoms with Gasteiger partial charge in [0.25, 0.3) is 0 Å². The van der Waals surface area contributed by atoms with Crippen LogP contribution >= 0.6 is 11.6 Å². The third-order valence-corrected chi connectivity index (χ3v) is 5.28. The summed E-state index contributed by atoms with van der Waals surface area (Å²) >= 11 is 6.07. The molecule has 2 nitrogen and oxygen atoms in total. The Labute approximate surface area is 114 Å². The van der Waals surface area contributed by atoms with Crippen LogP contribution < -0.4 is 10.5 Å². The van der Waals surface area contributed by atoms with E-state index in [0.29, 0.717) is 10.9 Å². The van der Waals surface area contributed by atoms with E-state index in [2.05, 4.69) is 27.7 Å². The molecule has 0 aromatic heterocycles. The van der Waals surface area contributed by atoms with E-state index < -0.39 is 0 Å². The molecule has 18 heavy (non-hydrogen) atoms. The molecule has 1 unspecified atom stereocenters. The average Bonchev–Trinajstić information content (AvgIpc) is 2.68. The van der Waals surface area contributed by atoms with E-state index in [-0.39, 0.29) is 16.9 Å². The molecular weight excluding hydrogens is 246 g/mol. The molecule has 1 aliphatic rings. The van der Waals surface area contributed by atoms with Crippen molar-refractivity contribution in [1.82, 2.24) is 0 Å².